The Morgan fingerprint density at radius 1 is 0.269 bits per heavy atom. The molecule has 62 heteroatoms. The van der Waals surface area contributed by atoms with Crippen molar-refractivity contribution in [2.75, 3.05) is 146 Å². The molecule has 7 rings (SSSR count). The number of aliphatic hydroxyl groups excluding tert-OH is 13. The molecule has 7 aliphatic heterocycles. The predicted octanol–water partition coefficient (Wildman–Crippen LogP) is -8.68. The van der Waals surface area contributed by atoms with Crippen molar-refractivity contribution >= 4 is 70.8 Å². The zero-order valence-electron chi connectivity index (χ0n) is 73.2. The van der Waals surface area contributed by atoms with E-state index in [1.165, 1.54) is 6.92 Å². The Labute approximate surface area is 775 Å². The number of ether oxygens (including phenoxy) is 21. The third-order valence-electron chi connectivity index (χ3n) is 22.3. The first-order valence-electron chi connectivity index (χ1n) is 43.2. The molecule has 1 unspecified atom stereocenters. The summed E-state index contributed by atoms with van der Waals surface area (Å²) < 4.78 is 352. The van der Waals surface area contributed by atoms with Gasteiger partial charge in [0, 0.05) is 60.0 Å². The van der Waals surface area contributed by atoms with Gasteiger partial charge in [-0.15, -0.1) is 0 Å². The largest absolute Gasteiger partial charge is 0.390 e. The molecule has 0 aromatic rings. The Hall–Kier alpha value is -1.99. The van der Waals surface area contributed by atoms with E-state index in [2.05, 4.69) is 0 Å². The average molecular weight is 2100 g/mol. The Morgan fingerprint density at radius 2 is 0.493 bits per heavy atom. The molecule has 7 heterocycles. The third kappa shape index (κ3) is 40.2. The fourth-order valence-electron chi connectivity index (χ4n) is 15.3. The number of rotatable bonds is 62. The number of hydrogen-bond acceptors (Lipinski definition) is 48. The van der Waals surface area contributed by atoms with Crippen LogP contribution < -0.4 is 0 Å². The van der Waals surface area contributed by atoms with E-state index in [4.69, 9.17) is 109 Å². The van der Waals surface area contributed by atoms with Crippen LogP contribution in [0.4, 0.5) is 0 Å². The summed E-state index contributed by atoms with van der Waals surface area (Å²) in [4.78, 5) is 0. The molecule has 0 radical (unpaired) electrons. The van der Waals surface area contributed by atoms with Crippen molar-refractivity contribution in [3.05, 3.63) is 0 Å². The maximum Gasteiger partial charge on any atom is 0.264 e. The van der Waals surface area contributed by atoms with Crippen LogP contribution in [0.5, 0.6) is 0 Å². The lowest BCUT2D eigenvalue weighted by molar-refractivity contribution is -0.408. The normalized spacial score (nSPS) is 36.4. The van der Waals surface area contributed by atoms with Gasteiger partial charge in [0.25, 0.3) is 70.8 Å². The molecule has 55 nitrogen and oxygen atoms in total. The predicted molar refractivity (Wildman–Crippen MR) is 444 cm³/mol. The minimum absolute atomic E-state index is 0.00746. The van der Waals surface area contributed by atoms with Gasteiger partial charge in [0.15, 0.2) is 37.7 Å². The molecule has 20 N–H and O–H groups in total. The highest BCUT2D eigenvalue weighted by molar-refractivity contribution is 7.87. The van der Waals surface area contributed by atoms with Crippen molar-refractivity contribution in [3.63, 3.8) is 0 Å². The van der Waals surface area contributed by atoms with Crippen LogP contribution in [0.3, 0.4) is 0 Å². The fourth-order valence-corrected chi connectivity index (χ4v) is 19.2. The summed E-state index contributed by atoms with van der Waals surface area (Å²) in [5, 5.41) is 156. The zero-order chi connectivity index (χ0) is 99.5. The van der Waals surface area contributed by atoms with Crippen molar-refractivity contribution in [2.45, 2.75) is 305 Å². The van der Waals surface area contributed by atoms with Crippen LogP contribution in [0.15, 0.2) is 0 Å². The van der Waals surface area contributed by atoms with Crippen molar-refractivity contribution in [2.24, 2.45) is 0 Å². The molecular formula is C72H132O55S7. The molecule has 792 valence electrons. The van der Waals surface area contributed by atoms with Crippen molar-refractivity contribution in [1.29, 1.82) is 0 Å². The van der Waals surface area contributed by atoms with E-state index in [0.29, 0.717) is 0 Å². The second-order valence-electron chi connectivity index (χ2n) is 33.4. The Balaban J connectivity index is 1.16. The highest BCUT2D eigenvalue weighted by atomic mass is 32.2. The summed E-state index contributed by atoms with van der Waals surface area (Å²) in [6, 6.07) is 0. The van der Waals surface area contributed by atoms with E-state index < -0.39 is 353 Å². The molecule has 0 bridgehead atoms. The highest BCUT2D eigenvalue weighted by Gasteiger charge is 2.61. The molecule has 0 spiro atoms. The molecule has 7 saturated heterocycles. The van der Waals surface area contributed by atoms with Gasteiger partial charge in [0.2, 0.25) is 0 Å². The molecule has 0 aromatic heterocycles. The monoisotopic (exact) mass is 2100 g/mol. The van der Waals surface area contributed by atoms with Gasteiger partial charge in [-0.25, -0.2) is 0 Å². The van der Waals surface area contributed by atoms with Crippen LogP contribution in [0, 0.1) is 0 Å². The quantitative estimate of drug-likeness (QED) is 0.0199. The molecule has 134 heavy (non-hydrogen) atoms. The Morgan fingerprint density at radius 3 is 0.761 bits per heavy atom. The number of aliphatic hydroxyl groups is 13. The van der Waals surface area contributed by atoms with E-state index in [0.717, 1.165) is 7.11 Å². The Kier molecular flexibility index (Phi) is 49.1. The number of unbranched alkanes of at least 4 members (excludes halogenated alkanes) is 7. The van der Waals surface area contributed by atoms with Gasteiger partial charge >= 0.3 is 0 Å². The molecule has 33 atom stereocenters. The van der Waals surface area contributed by atoms with E-state index >= 15 is 0 Å². The number of methoxy groups -OCH3 is 1. The lowest BCUT2D eigenvalue weighted by Gasteiger charge is -2.52. The summed E-state index contributed by atoms with van der Waals surface area (Å²) in [5.74, 6) is -4.75. The summed E-state index contributed by atoms with van der Waals surface area (Å²) in [6.07, 6.45) is -64.8. The SMILES string of the molecule is CO[C@@H]1C(COCCCCS(=O)(=O)O)O[C@H](O[C@H]2[C@H](O)[C@@H](O)[C@@H](O[C@H]3[C@H](O)[C@@H](O)[C@@H](O[C@H]4[C@H](O)[C@@H](O)[C@@H](O[C@H]5[C@H](O)[C@@H](O)[C@@H](O[C@H]6[C@H](O)[C@@H](O)[C@@H](O[C@H]7[C@H](O)CCO[C@@H]7COCCCCS(=O)(=O)O)O[C@@H]6COCCCCS(=O)(=O)O)O[C@]5(C)COCCCCS(=O)(=O)O)O[C@@H]4COCCCCS(=O)(=O)O)O[C@@H]3COCCCCS(=O)(=O)O)O[C@@H]2COCCCCS(=O)(=O)O)[C@@H](O)[C@H]1O. The van der Waals surface area contributed by atoms with Crippen LogP contribution in [-0.4, -0.2) is 506 Å². The molecule has 0 aromatic carbocycles. The van der Waals surface area contributed by atoms with Crippen LogP contribution >= 0.6 is 0 Å². The highest BCUT2D eigenvalue weighted by Crippen LogP contribution is 2.41. The van der Waals surface area contributed by atoms with Gasteiger partial charge in [-0.2, -0.15) is 58.9 Å². The maximum absolute atomic E-state index is 12.4. The summed E-state index contributed by atoms with van der Waals surface area (Å²) in [7, 11) is -29.8. The topological polar surface area (TPSA) is 837 Å². The first-order chi connectivity index (χ1) is 62.6. The molecular weight excluding hydrogens is 1970 g/mol. The minimum atomic E-state index is -4.52. The first kappa shape index (κ1) is 119. The second-order valence-corrected chi connectivity index (χ2v) is 44.4. The van der Waals surface area contributed by atoms with Crippen molar-refractivity contribution in [3.8, 4) is 0 Å². The zero-order valence-corrected chi connectivity index (χ0v) is 78.9. The lowest BCUT2D eigenvalue weighted by Crippen LogP contribution is -2.70. The standard InChI is InChI=1S/C72H132O55S7/c1-72(39-114-24-9-16-32-134(104,105)106)65(52(79)58(85)71(127-72)125-64-46(38-113-23-8-15-31-133(101,102)103)117-66(54(81)50(64)77)121-59-40(73)17-25-115-41(59)33-108-18-3-10-26-128(86,87)88)126-70-57(84)51(78)63(45(120-70)37-112-22-7-14-30-132(98,99)100)124-69-56(83)49(76)62(44(119-69)36-111-21-6-13-29-131(95,96)97)123-68-55(82)48(75)61(43(118-68)35-110-20-5-12-28-130(92,93)94)122-67-53(80)47(74)60(107-2)42(116-67)34-109-19-4-11-27-129(89,90)91/h40-71,73-85H,3-39H2,1-2H3,(H,86,87,88)(H,89,90,91)(H,92,93,94)(H,95,96,97)(H,98,99,100)(H,101,102,103)(H,104,105,106)/t40-,41-,42?,43-,44-,45-,46-,47-,48-,49-,50-,51-,52-,53+,54-,55-,56-,57-,58-,59+,60-,61-,62-,63-,64-,65+,66-,67-,68-,69-,70-,71+,72-/m1/s1. The Bertz CT molecular complexity index is 4250. The van der Waals surface area contributed by atoms with Crippen molar-refractivity contribution in [1.82, 2.24) is 0 Å². The second kappa shape index (κ2) is 55.4. The maximum atomic E-state index is 12.4. The smallest absolute Gasteiger partial charge is 0.264 e. The van der Waals surface area contributed by atoms with Gasteiger partial charge in [0.1, 0.15) is 158 Å². The summed E-state index contributed by atoms with van der Waals surface area (Å²) in [6.45, 7) is -5.12. The van der Waals surface area contributed by atoms with E-state index in [-0.39, 0.29) is 156 Å². The van der Waals surface area contributed by atoms with Gasteiger partial charge in [-0.3, -0.25) is 31.9 Å². The van der Waals surface area contributed by atoms with E-state index in [9.17, 15) is 148 Å². The van der Waals surface area contributed by atoms with E-state index in [1.54, 1.807) is 0 Å². The van der Waals surface area contributed by atoms with Crippen LogP contribution in [0.2, 0.25) is 0 Å². The van der Waals surface area contributed by atoms with Gasteiger partial charge in [-0.05, 0) is 103 Å². The van der Waals surface area contributed by atoms with Crippen molar-refractivity contribution < 1.29 is 257 Å². The molecule has 0 aliphatic carbocycles. The fraction of sp³-hybridized carbons (Fsp3) is 1.00. The van der Waals surface area contributed by atoms with Gasteiger partial charge < -0.3 is 166 Å². The van der Waals surface area contributed by atoms with Gasteiger partial charge in [0.05, 0.1) is 92.6 Å². The van der Waals surface area contributed by atoms with Crippen LogP contribution in [0.1, 0.15) is 103 Å². The third-order valence-corrected chi connectivity index (χ3v) is 27.9. The minimum Gasteiger partial charge on any atom is -0.390 e. The summed E-state index contributed by atoms with van der Waals surface area (Å²) >= 11 is 0. The molecule has 7 aliphatic rings. The van der Waals surface area contributed by atoms with Gasteiger partial charge in [-0.1, -0.05) is 0 Å². The molecule has 0 saturated carbocycles. The number of hydrogen-bond donors (Lipinski definition) is 20. The van der Waals surface area contributed by atoms with E-state index in [1.807, 2.05) is 0 Å². The average Bonchev–Trinajstić information content (AvgIpc) is 0.746. The van der Waals surface area contributed by atoms with Crippen LogP contribution in [0.25, 0.3) is 0 Å². The first-order valence-corrected chi connectivity index (χ1v) is 54.4. The summed E-state index contributed by atoms with van der Waals surface area (Å²) in [5.41, 5.74) is -2.30. The molecule has 0 amide bonds. The van der Waals surface area contributed by atoms with Crippen LogP contribution in [-0.2, 0) is 170 Å². The molecule has 7 fully saturated rings. The lowest BCUT2D eigenvalue weighted by atomic mass is 9.88.